The molecule has 1 heterocycles. The van der Waals surface area contributed by atoms with Crippen LogP contribution in [0.1, 0.15) is 59.9 Å². The van der Waals surface area contributed by atoms with Crippen LogP contribution in [-0.2, 0) is 14.3 Å². The van der Waals surface area contributed by atoms with Crippen LogP contribution in [0.25, 0.3) is 5.76 Å². The molecule has 0 aromatic heterocycles. The number of ether oxygens (including phenoxy) is 1. The first-order valence-electron chi connectivity index (χ1n) is 11.0. The molecule has 0 spiro atoms. The van der Waals surface area contributed by atoms with E-state index in [9.17, 15) is 14.7 Å². The fraction of sp³-hybridized carbons (Fsp3) is 0.357. The van der Waals surface area contributed by atoms with Gasteiger partial charge in [-0.3, -0.25) is 9.59 Å². The minimum Gasteiger partial charge on any atom is -0.506 e. The molecule has 4 heteroatoms. The van der Waals surface area contributed by atoms with Gasteiger partial charge in [-0.2, -0.15) is 0 Å². The van der Waals surface area contributed by atoms with E-state index in [4.69, 9.17) is 4.74 Å². The number of carbonyl (C=O) groups is 2. The average Bonchev–Trinajstić information content (AvgIpc) is 2.73. The topological polar surface area (TPSA) is 63.6 Å². The lowest BCUT2D eigenvalue weighted by Crippen LogP contribution is -2.46. The largest absolute Gasteiger partial charge is 0.506 e. The summed E-state index contributed by atoms with van der Waals surface area (Å²) in [7, 11) is 0. The number of hydrogen-bond donors (Lipinski definition) is 1. The second kappa shape index (κ2) is 8.78. The average molecular weight is 433 g/mol. The second-order valence-electron chi connectivity index (χ2n) is 9.58. The van der Waals surface area contributed by atoms with Crippen LogP contribution in [0.15, 0.2) is 82.7 Å². The number of ketones is 2. The summed E-state index contributed by atoms with van der Waals surface area (Å²) >= 11 is 0. The van der Waals surface area contributed by atoms with Gasteiger partial charge in [0.15, 0.2) is 5.78 Å². The number of hydrogen-bond acceptors (Lipinski definition) is 4. The number of Topliss-reactive ketones (excluding diaryl/α,β-unsaturated/α-hetero) is 2. The quantitative estimate of drug-likeness (QED) is 0.252. The van der Waals surface area contributed by atoms with Crippen molar-refractivity contribution in [2.75, 3.05) is 0 Å². The molecule has 0 atom stereocenters. The van der Waals surface area contributed by atoms with Crippen LogP contribution < -0.4 is 0 Å². The molecule has 4 nitrogen and oxygen atoms in total. The molecule has 0 unspecified atom stereocenters. The molecule has 0 radical (unpaired) electrons. The van der Waals surface area contributed by atoms with Crippen LogP contribution in [0.3, 0.4) is 0 Å². The number of rotatable bonds is 5. The molecule has 1 aliphatic heterocycles. The molecule has 0 amide bonds. The normalized spacial score (nSPS) is 20.3. The summed E-state index contributed by atoms with van der Waals surface area (Å²) in [6, 6.07) is 8.73. The highest BCUT2D eigenvalue weighted by molar-refractivity contribution is 6.34. The summed E-state index contributed by atoms with van der Waals surface area (Å²) in [6.45, 7) is 11.7. The Kier molecular flexibility index (Phi) is 6.45. The van der Waals surface area contributed by atoms with Crippen LogP contribution in [-0.4, -0.2) is 22.3 Å². The van der Waals surface area contributed by atoms with Gasteiger partial charge in [0.2, 0.25) is 5.78 Å². The van der Waals surface area contributed by atoms with Gasteiger partial charge in [0.25, 0.3) is 0 Å². The van der Waals surface area contributed by atoms with E-state index in [-0.39, 0.29) is 11.3 Å². The predicted molar refractivity (Wildman–Crippen MR) is 128 cm³/mol. The molecule has 3 rings (SSSR count). The monoisotopic (exact) mass is 432 g/mol. The fourth-order valence-corrected chi connectivity index (χ4v) is 3.99. The van der Waals surface area contributed by atoms with Gasteiger partial charge in [0.1, 0.15) is 22.7 Å². The third-order valence-electron chi connectivity index (χ3n) is 5.83. The molecule has 0 bridgehead atoms. The highest BCUT2D eigenvalue weighted by Crippen LogP contribution is 2.50. The van der Waals surface area contributed by atoms with Crippen molar-refractivity contribution in [1.82, 2.24) is 0 Å². The Bertz CT molecular complexity index is 1060. The summed E-state index contributed by atoms with van der Waals surface area (Å²) in [5.41, 5.74) is 0.973. The Morgan fingerprint density at radius 1 is 0.969 bits per heavy atom. The van der Waals surface area contributed by atoms with Crippen LogP contribution in [0.5, 0.6) is 0 Å². The van der Waals surface area contributed by atoms with Crippen molar-refractivity contribution >= 4 is 17.3 Å². The van der Waals surface area contributed by atoms with Crippen LogP contribution in [0, 0.1) is 5.41 Å². The zero-order valence-corrected chi connectivity index (χ0v) is 19.8. The first-order chi connectivity index (χ1) is 15.0. The molecule has 1 N–H and O–H groups in total. The Labute approximate surface area is 190 Å². The molecule has 32 heavy (non-hydrogen) atoms. The third kappa shape index (κ3) is 4.40. The van der Waals surface area contributed by atoms with Crippen molar-refractivity contribution < 1.29 is 19.4 Å². The maximum Gasteiger partial charge on any atom is 0.203 e. The van der Waals surface area contributed by atoms with Crippen LogP contribution in [0.4, 0.5) is 0 Å². The minimum atomic E-state index is -1.11. The van der Waals surface area contributed by atoms with Gasteiger partial charge in [-0.15, -0.1) is 0 Å². The molecule has 2 aliphatic rings. The second-order valence-corrected chi connectivity index (χ2v) is 9.58. The lowest BCUT2D eigenvalue weighted by atomic mass is 9.65. The molecule has 1 aliphatic carbocycles. The molecule has 168 valence electrons. The number of aliphatic hydroxyl groups excluding tert-OH is 1. The third-order valence-corrected chi connectivity index (χ3v) is 5.83. The first-order valence-corrected chi connectivity index (χ1v) is 11.0. The van der Waals surface area contributed by atoms with E-state index < -0.39 is 22.6 Å². The summed E-state index contributed by atoms with van der Waals surface area (Å²) in [5.74, 6) is -0.782. The van der Waals surface area contributed by atoms with Gasteiger partial charge in [0, 0.05) is 5.56 Å². The van der Waals surface area contributed by atoms with Gasteiger partial charge in [-0.1, -0.05) is 53.6 Å². The maximum absolute atomic E-state index is 14.1. The Morgan fingerprint density at radius 2 is 1.53 bits per heavy atom. The van der Waals surface area contributed by atoms with Crippen molar-refractivity contribution in [1.29, 1.82) is 0 Å². The highest BCUT2D eigenvalue weighted by Gasteiger charge is 2.53. The first kappa shape index (κ1) is 23.5. The predicted octanol–water partition coefficient (Wildman–Crippen LogP) is 6.43. The standard InChI is InChI=1S/C28H32O4/c1-18(2)12-16-28(17-13-19(3)4)25(31)22(23(29)20-10-8-7-9-11-20)24(30)21-14-15-27(5,6)32-26(21)28/h7-15,29H,16-17H2,1-6H3/b23-22+. The van der Waals surface area contributed by atoms with E-state index in [0.717, 1.165) is 11.1 Å². The van der Waals surface area contributed by atoms with Gasteiger partial charge >= 0.3 is 0 Å². The Hall–Kier alpha value is -3.14. The molecule has 0 saturated heterocycles. The molecule has 0 fully saturated rings. The van der Waals surface area contributed by atoms with Crippen molar-refractivity contribution in [3.63, 3.8) is 0 Å². The van der Waals surface area contributed by atoms with Crippen LogP contribution >= 0.6 is 0 Å². The molecule has 1 aromatic rings. The van der Waals surface area contributed by atoms with E-state index in [0.29, 0.717) is 29.7 Å². The van der Waals surface area contributed by atoms with E-state index in [1.165, 1.54) is 0 Å². The molecule has 0 saturated carbocycles. The Balaban J connectivity index is 2.35. The van der Waals surface area contributed by atoms with Gasteiger partial charge in [0.05, 0.1) is 11.0 Å². The number of aliphatic hydroxyl groups is 1. The smallest absolute Gasteiger partial charge is 0.203 e. The van der Waals surface area contributed by atoms with E-state index in [1.807, 2.05) is 65.8 Å². The fourth-order valence-electron chi connectivity index (χ4n) is 3.99. The van der Waals surface area contributed by atoms with Gasteiger partial charge < -0.3 is 9.84 Å². The molecule has 1 aromatic carbocycles. The minimum absolute atomic E-state index is 0.174. The summed E-state index contributed by atoms with van der Waals surface area (Å²) in [4.78, 5) is 27.6. The molecular weight excluding hydrogens is 400 g/mol. The molecular formula is C28H32O4. The lowest BCUT2D eigenvalue weighted by molar-refractivity contribution is -0.130. The zero-order chi connectivity index (χ0) is 23.7. The van der Waals surface area contributed by atoms with Crippen molar-refractivity contribution in [2.24, 2.45) is 5.41 Å². The number of carbonyl (C=O) groups excluding carboxylic acids is 2. The van der Waals surface area contributed by atoms with Crippen molar-refractivity contribution in [2.45, 2.75) is 60.0 Å². The van der Waals surface area contributed by atoms with E-state index in [1.54, 1.807) is 30.3 Å². The van der Waals surface area contributed by atoms with Crippen molar-refractivity contribution in [3.8, 4) is 0 Å². The Morgan fingerprint density at radius 3 is 2.06 bits per heavy atom. The van der Waals surface area contributed by atoms with Crippen molar-refractivity contribution in [3.05, 3.63) is 88.3 Å². The van der Waals surface area contributed by atoms with Gasteiger partial charge in [-0.25, -0.2) is 0 Å². The van der Waals surface area contributed by atoms with E-state index in [2.05, 4.69) is 0 Å². The number of allylic oxidation sites excluding steroid dienone is 8. The summed E-state index contributed by atoms with van der Waals surface area (Å²) < 4.78 is 6.32. The highest BCUT2D eigenvalue weighted by atomic mass is 16.5. The lowest BCUT2D eigenvalue weighted by Gasteiger charge is -2.43. The maximum atomic E-state index is 14.1. The van der Waals surface area contributed by atoms with E-state index >= 15 is 0 Å². The summed E-state index contributed by atoms with van der Waals surface area (Å²) in [5, 5.41) is 11.1. The zero-order valence-electron chi connectivity index (χ0n) is 19.8. The van der Waals surface area contributed by atoms with Crippen LogP contribution in [0.2, 0.25) is 0 Å². The number of benzene rings is 1. The SMILES string of the molecule is CC(C)=CCC1(CC=C(C)C)C(=O)/C(=C(/O)c2ccccc2)C(=O)C2=C1OC(C)(C)C=C2. The van der Waals surface area contributed by atoms with Gasteiger partial charge in [-0.05, 0) is 66.5 Å². The summed E-state index contributed by atoms with van der Waals surface area (Å²) in [6.07, 6.45) is 8.32.